The number of ether oxygens (including phenoxy) is 2. The highest BCUT2D eigenvalue weighted by molar-refractivity contribution is 8.01. The summed E-state index contributed by atoms with van der Waals surface area (Å²) in [6.07, 6.45) is 0.765. The molecule has 9 heteroatoms. The lowest BCUT2D eigenvalue weighted by atomic mass is 10.0. The van der Waals surface area contributed by atoms with E-state index in [1.165, 1.54) is 23.1 Å². The van der Waals surface area contributed by atoms with Crippen LogP contribution < -0.4 is 20.1 Å². The number of amides is 1. The number of carbonyl (C=O) groups is 1. The molecule has 0 aliphatic carbocycles. The van der Waals surface area contributed by atoms with E-state index in [1.54, 1.807) is 7.11 Å². The van der Waals surface area contributed by atoms with Gasteiger partial charge in [-0.15, -0.1) is 10.2 Å². The average Bonchev–Trinajstić information content (AvgIpc) is 3.20. The first-order valence-corrected chi connectivity index (χ1v) is 10.9. The average molecular weight is 429 g/mol. The van der Waals surface area contributed by atoms with Crippen LogP contribution in [0.1, 0.15) is 18.0 Å². The largest absolute Gasteiger partial charge is 0.497 e. The van der Waals surface area contributed by atoms with Gasteiger partial charge >= 0.3 is 0 Å². The molecule has 0 fully saturated rings. The first kappa shape index (κ1) is 19.5. The molecule has 2 aromatic carbocycles. The summed E-state index contributed by atoms with van der Waals surface area (Å²) in [6.45, 7) is 0.602. The number of anilines is 2. The van der Waals surface area contributed by atoms with Crippen LogP contribution in [0.25, 0.3) is 0 Å². The maximum Gasteiger partial charge on any atom is 0.230 e. The number of rotatable bonds is 7. The molecule has 1 atom stereocenters. The Morgan fingerprint density at radius 1 is 1.28 bits per heavy atom. The number of nitrogens with one attached hydrogen (secondary N) is 2. The second-order valence-electron chi connectivity index (χ2n) is 6.31. The number of para-hydroxylation sites is 1. The fourth-order valence-electron chi connectivity index (χ4n) is 3.00. The van der Waals surface area contributed by atoms with Crippen molar-refractivity contribution in [2.45, 2.75) is 16.8 Å². The molecule has 2 heterocycles. The second kappa shape index (κ2) is 9.15. The van der Waals surface area contributed by atoms with E-state index in [2.05, 4.69) is 20.8 Å². The fraction of sp³-hybridized carbons (Fsp3) is 0.250. The minimum atomic E-state index is -0.0331. The highest BCUT2D eigenvalue weighted by Gasteiger charge is 2.22. The molecule has 2 N–H and O–H groups in total. The molecule has 1 aliphatic rings. The summed E-state index contributed by atoms with van der Waals surface area (Å²) in [4.78, 5) is 12.4. The number of carbonyl (C=O) groups excluding carboxylic acids is 1. The molecule has 0 radical (unpaired) electrons. The van der Waals surface area contributed by atoms with Crippen LogP contribution in [0, 0.1) is 0 Å². The lowest BCUT2D eigenvalue weighted by molar-refractivity contribution is -0.119. The predicted molar refractivity (Wildman–Crippen MR) is 114 cm³/mol. The third kappa shape index (κ3) is 4.99. The number of benzene rings is 2. The van der Waals surface area contributed by atoms with Gasteiger partial charge in [0.25, 0.3) is 0 Å². The van der Waals surface area contributed by atoms with Crippen molar-refractivity contribution >= 4 is 39.8 Å². The fourth-order valence-corrected chi connectivity index (χ4v) is 4.58. The lowest BCUT2D eigenvalue weighted by Crippen LogP contribution is -2.33. The Morgan fingerprint density at radius 3 is 3.07 bits per heavy atom. The third-order valence-electron chi connectivity index (χ3n) is 4.35. The zero-order chi connectivity index (χ0) is 20.1. The Morgan fingerprint density at radius 2 is 2.17 bits per heavy atom. The van der Waals surface area contributed by atoms with Crippen LogP contribution in [0.3, 0.4) is 0 Å². The molecular weight excluding hydrogens is 408 g/mol. The van der Waals surface area contributed by atoms with Gasteiger partial charge in [0, 0.05) is 23.7 Å². The zero-order valence-electron chi connectivity index (χ0n) is 15.8. The Bertz CT molecular complexity index is 995. The minimum absolute atomic E-state index is 0.0206. The Kier molecular flexibility index (Phi) is 6.16. The van der Waals surface area contributed by atoms with Crippen molar-refractivity contribution in [2.75, 3.05) is 24.8 Å². The first-order chi connectivity index (χ1) is 14.2. The number of hydrogen-bond donors (Lipinski definition) is 2. The number of aromatic nitrogens is 2. The zero-order valence-corrected chi connectivity index (χ0v) is 17.4. The SMILES string of the molecule is COc1cccc(Nc2nnc(SCC(=O)N[C@H]3CCOc4ccccc43)s2)c1. The Labute approximate surface area is 176 Å². The molecular formula is C20H20N4O3S2. The van der Waals surface area contributed by atoms with Crippen LogP contribution >= 0.6 is 23.1 Å². The molecule has 150 valence electrons. The second-order valence-corrected chi connectivity index (χ2v) is 8.51. The molecule has 7 nitrogen and oxygen atoms in total. The molecule has 0 saturated heterocycles. The first-order valence-electron chi connectivity index (χ1n) is 9.10. The summed E-state index contributed by atoms with van der Waals surface area (Å²) in [6, 6.07) is 15.4. The van der Waals surface area contributed by atoms with Crippen LogP contribution in [0.2, 0.25) is 0 Å². The van der Waals surface area contributed by atoms with Gasteiger partial charge in [0.1, 0.15) is 11.5 Å². The van der Waals surface area contributed by atoms with E-state index >= 15 is 0 Å². The molecule has 3 aromatic rings. The molecule has 0 saturated carbocycles. The summed E-state index contributed by atoms with van der Waals surface area (Å²) in [5.41, 5.74) is 1.89. The van der Waals surface area contributed by atoms with E-state index in [4.69, 9.17) is 9.47 Å². The van der Waals surface area contributed by atoms with Gasteiger partial charge in [-0.25, -0.2) is 0 Å². The Balaban J connectivity index is 1.30. The monoisotopic (exact) mass is 428 g/mol. The highest BCUT2D eigenvalue weighted by atomic mass is 32.2. The Hall–Kier alpha value is -2.78. The lowest BCUT2D eigenvalue weighted by Gasteiger charge is -2.26. The maximum absolute atomic E-state index is 12.4. The summed E-state index contributed by atoms with van der Waals surface area (Å²) in [7, 11) is 1.63. The van der Waals surface area contributed by atoms with E-state index in [0.29, 0.717) is 11.7 Å². The van der Waals surface area contributed by atoms with Crippen molar-refractivity contribution < 1.29 is 14.3 Å². The van der Waals surface area contributed by atoms with Crippen LogP contribution in [0.15, 0.2) is 52.9 Å². The molecule has 4 rings (SSSR count). The van der Waals surface area contributed by atoms with E-state index < -0.39 is 0 Å². The third-order valence-corrected chi connectivity index (χ3v) is 6.32. The normalized spacial score (nSPS) is 15.1. The predicted octanol–water partition coefficient (Wildman–Crippen LogP) is 4.02. The molecule has 1 aliphatic heterocycles. The van der Waals surface area contributed by atoms with Gasteiger partial charge in [0.15, 0.2) is 4.34 Å². The number of nitrogens with zero attached hydrogens (tertiary/aromatic N) is 2. The van der Waals surface area contributed by atoms with Gasteiger partial charge in [-0.1, -0.05) is 47.4 Å². The van der Waals surface area contributed by atoms with Gasteiger partial charge in [0.05, 0.1) is 25.5 Å². The van der Waals surface area contributed by atoms with Crippen LogP contribution in [0.4, 0.5) is 10.8 Å². The molecule has 0 spiro atoms. The smallest absolute Gasteiger partial charge is 0.230 e. The quantitative estimate of drug-likeness (QED) is 0.550. The van der Waals surface area contributed by atoms with E-state index in [-0.39, 0.29) is 17.7 Å². The van der Waals surface area contributed by atoms with Crippen molar-refractivity contribution in [1.29, 1.82) is 0 Å². The topological polar surface area (TPSA) is 85.4 Å². The van der Waals surface area contributed by atoms with Gasteiger partial charge in [-0.2, -0.15) is 0 Å². The minimum Gasteiger partial charge on any atom is -0.497 e. The van der Waals surface area contributed by atoms with Gasteiger partial charge in [-0.05, 0) is 18.2 Å². The standard InChI is InChI=1S/C20H20N4O3S2/c1-26-14-6-4-5-13(11-14)21-19-23-24-20(29-19)28-12-18(25)22-16-9-10-27-17-8-3-2-7-15(16)17/h2-8,11,16H,9-10,12H2,1H3,(H,21,23)(H,22,25)/t16-/m0/s1. The molecule has 1 aromatic heterocycles. The van der Waals surface area contributed by atoms with Crippen molar-refractivity contribution in [3.8, 4) is 11.5 Å². The summed E-state index contributed by atoms with van der Waals surface area (Å²) in [5.74, 6) is 1.86. The van der Waals surface area contributed by atoms with E-state index in [1.807, 2.05) is 48.5 Å². The van der Waals surface area contributed by atoms with Crippen LogP contribution in [-0.4, -0.2) is 35.6 Å². The van der Waals surface area contributed by atoms with Gasteiger partial charge in [0.2, 0.25) is 11.0 Å². The van der Waals surface area contributed by atoms with Crippen molar-refractivity contribution in [3.63, 3.8) is 0 Å². The summed E-state index contributed by atoms with van der Waals surface area (Å²) in [5, 5.41) is 15.2. The van der Waals surface area contributed by atoms with E-state index in [9.17, 15) is 4.79 Å². The summed E-state index contributed by atoms with van der Waals surface area (Å²) >= 11 is 2.78. The van der Waals surface area contributed by atoms with Crippen LogP contribution in [-0.2, 0) is 4.79 Å². The van der Waals surface area contributed by atoms with Crippen molar-refractivity contribution in [1.82, 2.24) is 15.5 Å². The molecule has 1 amide bonds. The van der Waals surface area contributed by atoms with Crippen molar-refractivity contribution in [2.24, 2.45) is 0 Å². The van der Waals surface area contributed by atoms with Crippen LogP contribution in [0.5, 0.6) is 11.5 Å². The van der Waals surface area contributed by atoms with Gasteiger partial charge < -0.3 is 20.1 Å². The summed E-state index contributed by atoms with van der Waals surface area (Å²) < 4.78 is 11.6. The molecule has 0 unspecified atom stereocenters. The molecule has 0 bridgehead atoms. The number of methoxy groups -OCH3 is 1. The van der Waals surface area contributed by atoms with Crippen molar-refractivity contribution in [3.05, 3.63) is 54.1 Å². The van der Waals surface area contributed by atoms with E-state index in [0.717, 1.165) is 33.5 Å². The maximum atomic E-state index is 12.4. The van der Waals surface area contributed by atoms with Gasteiger partial charge in [-0.3, -0.25) is 4.79 Å². The number of thioether (sulfide) groups is 1. The number of hydrogen-bond acceptors (Lipinski definition) is 8. The molecule has 29 heavy (non-hydrogen) atoms. The number of fused-ring (bicyclic) bond motifs is 1. The highest BCUT2D eigenvalue weighted by Crippen LogP contribution is 2.32.